The Morgan fingerprint density at radius 1 is 1.55 bits per heavy atom. The van der Waals surface area contributed by atoms with Gasteiger partial charge in [-0.1, -0.05) is 13.8 Å². The van der Waals surface area contributed by atoms with Gasteiger partial charge in [-0.15, -0.1) is 0 Å². The lowest BCUT2D eigenvalue weighted by Crippen LogP contribution is -2.05. The first-order valence-electron chi connectivity index (χ1n) is 3.75. The van der Waals surface area contributed by atoms with Gasteiger partial charge in [0.05, 0.1) is 6.54 Å². The van der Waals surface area contributed by atoms with Crippen molar-refractivity contribution < 1.29 is 0 Å². The normalized spacial score (nSPS) is 11.0. The summed E-state index contributed by atoms with van der Waals surface area (Å²) >= 11 is 0. The molecule has 62 valence electrons. The third kappa shape index (κ3) is 1.57. The Morgan fingerprint density at radius 2 is 2.18 bits per heavy atom. The second kappa shape index (κ2) is 3.00. The molecule has 1 aromatic rings. The molecule has 0 aliphatic heterocycles. The van der Waals surface area contributed by atoms with E-state index in [0.29, 0.717) is 12.5 Å². The van der Waals surface area contributed by atoms with Crippen molar-refractivity contribution in [2.75, 3.05) is 0 Å². The third-order valence-corrected chi connectivity index (χ3v) is 1.57. The van der Waals surface area contributed by atoms with Gasteiger partial charge in [0.1, 0.15) is 5.82 Å². The highest BCUT2D eigenvalue weighted by atomic mass is 15.3. The molecule has 0 fully saturated rings. The van der Waals surface area contributed by atoms with Crippen molar-refractivity contribution >= 4 is 0 Å². The average molecular weight is 154 g/mol. The van der Waals surface area contributed by atoms with Gasteiger partial charge in [0.25, 0.3) is 0 Å². The maximum absolute atomic E-state index is 5.44. The van der Waals surface area contributed by atoms with Crippen LogP contribution in [0.1, 0.15) is 31.4 Å². The molecule has 1 heterocycles. The fourth-order valence-electron chi connectivity index (χ4n) is 0.861. The number of aromatic nitrogens is 3. The number of aryl methyl sites for hydroxylation is 1. The first-order chi connectivity index (χ1) is 5.15. The van der Waals surface area contributed by atoms with E-state index < -0.39 is 0 Å². The topological polar surface area (TPSA) is 56.7 Å². The fraction of sp³-hybridized carbons (Fsp3) is 0.714. The van der Waals surface area contributed by atoms with E-state index in [9.17, 15) is 0 Å². The average Bonchev–Trinajstić information content (AvgIpc) is 2.31. The molecule has 1 rings (SSSR count). The van der Waals surface area contributed by atoms with Gasteiger partial charge in [-0.2, -0.15) is 5.10 Å². The summed E-state index contributed by atoms with van der Waals surface area (Å²) in [7, 11) is 1.86. The van der Waals surface area contributed by atoms with Gasteiger partial charge in [0.2, 0.25) is 0 Å². The summed E-state index contributed by atoms with van der Waals surface area (Å²) in [6, 6.07) is 0. The molecule has 4 heteroatoms. The van der Waals surface area contributed by atoms with Crippen LogP contribution in [-0.2, 0) is 13.6 Å². The van der Waals surface area contributed by atoms with Crippen LogP contribution in [0.5, 0.6) is 0 Å². The molecule has 4 nitrogen and oxygen atoms in total. The zero-order valence-corrected chi connectivity index (χ0v) is 7.20. The van der Waals surface area contributed by atoms with E-state index in [0.717, 1.165) is 11.6 Å². The number of rotatable bonds is 2. The van der Waals surface area contributed by atoms with E-state index >= 15 is 0 Å². The first kappa shape index (κ1) is 8.20. The van der Waals surface area contributed by atoms with Crippen molar-refractivity contribution in [2.45, 2.75) is 26.3 Å². The van der Waals surface area contributed by atoms with Crippen LogP contribution in [0.4, 0.5) is 0 Å². The van der Waals surface area contributed by atoms with Crippen LogP contribution < -0.4 is 5.73 Å². The molecule has 0 saturated heterocycles. The first-order valence-corrected chi connectivity index (χ1v) is 3.75. The molecular weight excluding hydrogens is 140 g/mol. The predicted octanol–water partition coefficient (Wildman–Crippen LogP) is 0.397. The lowest BCUT2D eigenvalue weighted by Gasteiger charge is -1.93. The Hall–Kier alpha value is -0.900. The van der Waals surface area contributed by atoms with Crippen molar-refractivity contribution in [1.29, 1.82) is 0 Å². The van der Waals surface area contributed by atoms with E-state index in [2.05, 4.69) is 23.9 Å². The number of nitrogens with two attached hydrogens (primary N) is 1. The van der Waals surface area contributed by atoms with Crippen molar-refractivity contribution in [3.8, 4) is 0 Å². The highest BCUT2D eigenvalue weighted by Gasteiger charge is 2.07. The second-order valence-corrected chi connectivity index (χ2v) is 2.87. The summed E-state index contributed by atoms with van der Waals surface area (Å²) in [5.41, 5.74) is 5.44. The maximum atomic E-state index is 5.44. The molecule has 0 spiro atoms. The van der Waals surface area contributed by atoms with Gasteiger partial charge in [0, 0.05) is 13.0 Å². The molecule has 0 aliphatic rings. The van der Waals surface area contributed by atoms with Gasteiger partial charge in [0.15, 0.2) is 5.82 Å². The lowest BCUT2D eigenvalue weighted by atomic mass is 10.2. The smallest absolute Gasteiger partial charge is 0.153 e. The lowest BCUT2D eigenvalue weighted by molar-refractivity contribution is 0.682. The molecule has 0 aromatic carbocycles. The second-order valence-electron chi connectivity index (χ2n) is 2.87. The summed E-state index contributed by atoms with van der Waals surface area (Å²) in [5.74, 6) is 2.09. The molecule has 1 aromatic heterocycles. The molecule has 0 unspecified atom stereocenters. The number of nitrogens with zero attached hydrogens (tertiary/aromatic N) is 3. The van der Waals surface area contributed by atoms with E-state index in [1.54, 1.807) is 4.68 Å². The minimum atomic E-state index is 0.376. The summed E-state index contributed by atoms with van der Waals surface area (Å²) in [5, 5.41) is 4.21. The summed E-state index contributed by atoms with van der Waals surface area (Å²) < 4.78 is 1.73. The van der Waals surface area contributed by atoms with Crippen molar-refractivity contribution in [1.82, 2.24) is 14.8 Å². The van der Waals surface area contributed by atoms with Gasteiger partial charge in [-0.25, -0.2) is 4.98 Å². The quantitative estimate of drug-likeness (QED) is 0.670. The van der Waals surface area contributed by atoms with Crippen LogP contribution in [0.3, 0.4) is 0 Å². The number of hydrogen-bond acceptors (Lipinski definition) is 3. The molecule has 2 N–H and O–H groups in total. The van der Waals surface area contributed by atoms with Crippen molar-refractivity contribution in [3.63, 3.8) is 0 Å². The Bertz CT molecular complexity index is 239. The largest absolute Gasteiger partial charge is 0.324 e. The van der Waals surface area contributed by atoms with Crippen LogP contribution in [0.15, 0.2) is 0 Å². The minimum absolute atomic E-state index is 0.376. The van der Waals surface area contributed by atoms with Crippen LogP contribution in [0, 0.1) is 0 Å². The van der Waals surface area contributed by atoms with E-state index in [4.69, 9.17) is 5.73 Å². The Morgan fingerprint density at radius 3 is 2.45 bits per heavy atom. The van der Waals surface area contributed by atoms with Gasteiger partial charge in [-0.05, 0) is 0 Å². The zero-order chi connectivity index (χ0) is 8.43. The highest BCUT2D eigenvalue weighted by Crippen LogP contribution is 2.08. The molecule has 0 radical (unpaired) electrons. The van der Waals surface area contributed by atoms with Gasteiger partial charge in [-0.3, -0.25) is 4.68 Å². The van der Waals surface area contributed by atoms with Crippen LogP contribution >= 0.6 is 0 Å². The summed E-state index contributed by atoms with van der Waals surface area (Å²) in [6.07, 6.45) is 0. The van der Waals surface area contributed by atoms with E-state index in [1.807, 2.05) is 7.05 Å². The van der Waals surface area contributed by atoms with Gasteiger partial charge >= 0.3 is 0 Å². The number of hydrogen-bond donors (Lipinski definition) is 1. The molecular formula is C7H14N4. The molecule has 0 bridgehead atoms. The monoisotopic (exact) mass is 154 g/mol. The molecule has 0 saturated carbocycles. The van der Waals surface area contributed by atoms with Crippen molar-refractivity contribution in [2.24, 2.45) is 12.8 Å². The zero-order valence-electron chi connectivity index (χ0n) is 7.20. The fourth-order valence-corrected chi connectivity index (χ4v) is 0.861. The molecule has 0 atom stereocenters. The highest BCUT2D eigenvalue weighted by molar-refractivity contribution is 4.95. The molecule has 11 heavy (non-hydrogen) atoms. The standard InChI is InChI=1S/C7H14N4/c1-5(2)7-9-6(4-8)11(3)10-7/h5H,4,8H2,1-3H3. The van der Waals surface area contributed by atoms with E-state index in [-0.39, 0.29) is 0 Å². The van der Waals surface area contributed by atoms with Crippen molar-refractivity contribution in [3.05, 3.63) is 11.6 Å². The SMILES string of the molecule is CC(C)c1nc(CN)n(C)n1. The van der Waals surface area contributed by atoms with Gasteiger partial charge < -0.3 is 5.73 Å². The summed E-state index contributed by atoms with van der Waals surface area (Å²) in [4.78, 5) is 4.25. The Balaban J connectivity index is 2.95. The minimum Gasteiger partial charge on any atom is -0.324 e. The molecule has 0 aliphatic carbocycles. The van der Waals surface area contributed by atoms with Crippen LogP contribution in [0.2, 0.25) is 0 Å². The third-order valence-electron chi connectivity index (χ3n) is 1.57. The maximum Gasteiger partial charge on any atom is 0.153 e. The molecule has 0 amide bonds. The Labute approximate surface area is 66.4 Å². The Kier molecular flexibility index (Phi) is 2.24. The van der Waals surface area contributed by atoms with E-state index in [1.165, 1.54) is 0 Å². The summed E-state index contributed by atoms with van der Waals surface area (Å²) in [6.45, 7) is 4.58. The van der Waals surface area contributed by atoms with Crippen LogP contribution in [0.25, 0.3) is 0 Å². The van der Waals surface area contributed by atoms with Crippen LogP contribution in [-0.4, -0.2) is 14.8 Å². The predicted molar refractivity (Wildman–Crippen MR) is 43.0 cm³/mol.